The summed E-state index contributed by atoms with van der Waals surface area (Å²) in [6.07, 6.45) is 4.09. The van der Waals surface area contributed by atoms with E-state index in [1.54, 1.807) is 18.2 Å². The second-order valence-electron chi connectivity index (χ2n) is 7.50. The summed E-state index contributed by atoms with van der Waals surface area (Å²) >= 11 is 0. The largest absolute Gasteiger partial charge is 0.493 e. The quantitative estimate of drug-likeness (QED) is 0.613. The highest BCUT2D eigenvalue weighted by atomic mass is 19.3. The Balaban J connectivity index is 1.58. The molecule has 3 rings (SSSR count). The number of carbonyl (C=O) groups excluding carboxylic acids is 1. The van der Waals surface area contributed by atoms with Crippen molar-refractivity contribution in [2.45, 2.75) is 26.5 Å². The van der Waals surface area contributed by atoms with Crippen LogP contribution < -0.4 is 9.47 Å². The van der Waals surface area contributed by atoms with Crippen LogP contribution in [0, 0.1) is 6.92 Å². The van der Waals surface area contributed by atoms with Crippen molar-refractivity contribution < 1.29 is 23.0 Å². The average Bonchev–Trinajstić information content (AvgIpc) is 2.99. The normalized spacial score (nSPS) is 15.3. The van der Waals surface area contributed by atoms with Gasteiger partial charge in [-0.25, -0.2) is 0 Å². The number of halogens is 2. The molecular weight excluding hydrogens is 402 g/mol. The molecule has 0 unspecified atom stereocenters. The van der Waals surface area contributed by atoms with Gasteiger partial charge in [-0.05, 0) is 48.2 Å². The number of nitrogens with zero attached hydrogens (tertiary/aromatic N) is 2. The van der Waals surface area contributed by atoms with Gasteiger partial charge in [0.1, 0.15) is 0 Å². The van der Waals surface area contributed by atoms with Crippen molar-refractivity contribution in [1.82, 2.24) is 9.80 Å². The van der Waals surface area contributed by atoms with E-state index in [-0.39, 0.29) is 17.4 Å². The van der Waals surface area contributed by atoms with Gasteiger partial charge in [-0.2, -0.15) is 8.78 Å². The highest BCUT2D eigenvalue weighted by molar-refractivity contribution is 5.91. The zero-order chi connectivity index (χ0) is 22.2. The molecule has 1 aliphatic rings. The van der Waals surface area contributed by atoms with Crippen molar-refractivity contribution >= 4 is 12.0 Å². The maximum Gasteiger partial charge on any atom is 0.387 e. The van der Waals surface area contributed by atoms with E-state index in [0.717, 1.165) is 26.1 Å². The molecule has 5 nitrogen and oxygen atoms in total. The molecular formula is C24H28F2N2O3. The van der Waals surface area contributed by atoms with E-state index in [1.165, 1.54) is 30.4 Å². The van der Waals surface area contributed by atoms with Crippen LogP contribution in [0.15, 0.2) is 48.5 Å². The molecule has 0 radical (unpaired) electrons. The zero-order valence-electron chi connectivity index (χ0n) is 17.9. The number of carbonyl (C=O) groups is 1. The van der Waals surface area contributed by atoms with Gasteiger partial charge in [0.25, 0.3) is 0 Å². The number of hydrogen-bond donors (Lipinski definition) is 0. The molecule has 1 saturated heterocycles. The Kier molecular flexibility index (Phi) is 8.00. The van der Waals surface area contributed by atoms with Crippen LogP contribution in [0.4, 0.5) is 8.78 Å². The molecule has 0 atom stereocenters. The molecule has 1 fully saturated rings. The van der Waals surface area contributed by atoms with Gasteiger partial charge in [0.15, 0.2) is 11.5 Å². The lowest BCUT2D eigenvalue weighted by Crippen LogP contribution is -2.34. The van der Waals surface area contributed by atoms with Crippen LogP contribution in [-0.2, 0) is 11.3 Å². The zero-order valence-corrected chi connectivity index (χ0v) is 17.9. The molecule has 7 heteroatoms. The number of aryl methyl sites for hydroxylation is 1. The van der Waals surface area contributed by atoms with E-state index < -0.39 is 6.61 Å². The first kappa shape index (κ1) is 22.7. The minimum absolute atomic E-state index is 0.0396. The van der Waals surface area contributed by atoms with Crippen molar-refractivity contribution in [2.75, 3.05) is 33.3 Å². The average molecular weight is 430 g/mol. The van der Waals surface area contributed by atoms with Crippen LogP contribution in [-0.4, -0.2) is 55.6 Å². The van der Waals surface area contributed by atoms with Crippen molar-refractivity contribution in [1.29, 1.82) is 0 Å². The first-order chi connectivity index (χ1) is 15.0. The molecule has 1 heterocycles. The van der Waals surface area contributed by atoms with Crippen LogP contribution in [0.2, 0.25) is 0 Å². The van der Waals surface area contributed by atoms with E-state index in [9.17, 15) is 13.6 Å². The molecule has 0 spiro atoms. The van der Waals surface area contributed by atoms with Crippen LogP contribution in [0.5, 0.6) is 11.5 Å². The lowest BCUT2D eigenvalue weighted by molar-refractivity contribution is -0.125. The van der Waals surface area contributed by atoms with Gasteiger partial charge in [-0.15, -0.1) is 0 Å². The molecule has 0 bridgehead atoms. The van der Waals surface area contributed by atoms with Gasteiger partial charge in [0, 0.05) is 38.8 Å². The summed E-state index contributed by atoms with van der Waals surface area (Å²) in [5.74, 6) is 0.0865. The smallest absolute Gasteiger partial charge is 0.387 e. The van der Waals surface area contributed by atoms with Crippen LogP contribution in [0.3, 0.4) is 0 Å². The Morgan fingerprint density at radius 3 is 2.65 bits per heavy atom. The first-order valence-corrected chi connectivity index (χ1v) is 10.3. The summed E-state index contributed by atoms with van der Waals surface area (Å²) in [6.45, 7) is 3.22. The molecule has 166 valence electrons. The summed E-state index contributed by atoms with van der Waals surface area (Å²) < 4.78 is 34.4. The number of hydrogen-bond acceptors (Lipinski definition) is 4. The molecule has 0 aromatic heterocycles. The third-order valence-corrected chi connectivity index (χ3v) is 5.38. The van der Waals surface area contributed by atoms with E-state index in [4.69, 9.17) is 4.74 Å². The molecule has 1 aliphatic heterocycles. The number of alkyl halides is 2. The Bertz CT molecular complexity index is 917. The fraction of sp³-hybridized carbons (Fsp3) is 0.375. The summed E-state index contributed by atoms with van der Waals surface area (Å²) in [7, 11) is 1.38. The van der Waals surface area contributed by atoms with Gasteiger partial charge in [-0.1, -0.05) is 30.3 Å². The molecule has 0 N–H and O–H groups in total. The molecule has 0 saturated carbocycles. The van der Waals surface area contributed by atoms with Crippen LogP contribution >= 0.6 is 0 Å². The number of benzene rings is 2. The lowest BCUT2D eigenvalue weighted by Gasteiger charge is -2.22. The fourth-order valence-electron chi connectivity index (χ4n) is 3.63. The van der Waals surface area contributed by atoms with Crippen molar-refractivity contribution in [3.8, 4) is 11.5 Å². The minimum atomic E-state index is -2.93. The van der Waals surface area contributed by atoms with Crippen LogP contribution in [0.25, 0.3) is 6.08 Å². The highest BCUT2D eigenvalue weighted by Crippen LogP contribution is 2.29. The number of amides is 1. The SMILES string of the molecule is COc1cc(/C=C/C(=O)N2CCCN(Cc3ccccc3C)CC2)ccc1OC(F)F. The number of ether oxygens (including phenoxy) is 2. The predicted molar refractivity (Wildman–Crippen MR) is 116 cm³/mol. The fourth-order valence-corrected chi connectivity index (χ4v) is 3.63. The Labute approximate surface area is 181 Å². The molecule has 31 heavy (non-hydrogen) atoms. The van der Waals surface area contributed by atoms with Gasteiger partial charge in [0.05, 0.1) is 7.11 Å². The second kappa shape index (κ2) is 10.9. The Morgan fingerprint density at radius 1 is 1.10 bits per heavy atom. The Morgan fingerprint density at radius 2 is 1.90 bits per heavy atom. The third kappa shape index (κ3) is 6.52. The second-order valence-corrected chi connectivity index (χ2v) is 7.50. The standard InChI is InChI=1S/C24H28F2N2O3/c1-18-6-3-4-7-20(18)17-27-12-5-13-28(15-14-27)23(29)11-9-19-8-10-21(31-24(25)26)22(16-19)30-2/h3-4,6-11,16,24H,5,12-15,17H2,1-2H3/b11-9+. The molecule has 0 aliphatic carbocycles. The summed E-state index contributed by atoms with van der Waals surface area (Å²) in [4.78, 5) is 16.9. The first-order valence-electron chi connectivity index (χ1n) is 10.3. The van der Waals surface area contributed by atoms with Gasteiger partial charge in [-0.3, -0.25) is 9.69 Å². The molecule has 2 aromatic carbocycles. The topological polar surface area (TPSA) is 42.0 Å². The summed E-state index contributed by atoms with van der Waals surface area (Å²) in [5.41, 5.74) is 3.27. The van der Waals surface area contributed by atoms with Gasteiger partial charge < -0.3 is 14.4 Å². The van der Waals surface area contributed by atoms with E-state index in [2.05, 4.69) is 34.8 Å². The minimum Gasteiger partial charge on any atom is -0.493 e. The summed E-state index contributed by atoms with van der Waals surface area (Å²) in [6, 6.07) is 13.0. The molecule has 1 amide bonds. The van der Waals surface area contributed by atoms with Gasteiger partial charge in [0.2, 0.25) is 5.91 Å². The van der Waals surface area contributed by atoms with E-state index >= 15 is 0 Å². The van der Waals surface area contributed by atoms with Crippen molar-refractivity contribution in [3.05, 3.63) is 65.2 Å². The number of rotatable bonds is 7. The molecule has 2 aromatic rings. The maximum absolute atomic E-state index is 12.7. The van der Waals surface area contributed by atoms with Crippen molar-refractivity contribution in [3.63, 3.8) is 0 Å². The highest BCUT2D eigenvalue weighted by Gasteiger charge is 2.18. The maximum atomic E-state index is 12.7. The monoisotopic (exact) mass is 430 g/mol. The van der Waals surface area contributed by atoms with Crippen LogP contribution in [0.1, 0.15) is 23.1 Å². The lowest BCUT2D eigenvalue weighted by atomic mass is 10.1. The Hall–Kier alpha value is -2.93. The van der Waals surface area contributed by atoms with Crippen molar-refractivity contribution in [2.24, 2.45) is 0 Å². The van der Waals surface area contributed by atoms with Gasteiger partial charge >= 0.3 is 6.61 Å². The predicted octanol–water partition coefficient (Wildman–Crippen LogP) is 4.35. The number of methoxy groups -OCH3 is 1. The van der Waals surface area contributed by atoms with E-state index in [0.29, 0.717) is 18.7 Å². The van der Waals surface area contributed by atoms with E-state index in [1.807, 2.05) is 11.0 Å². The third-order valence-electron chi connectivity index (χ3n) is 5.38. The summed E-state index contributed by atoms with van der Waals surface area (Å²) in [5, 5.41) is 0.